The molecular weight excluding hydrogens is 563 g/mol. The zero-order valence-corrected chi connectivity index (χ0v) is 23.2. The number of hydrogen-bond donors (Lipinski definition) is 1. The number of carbonyl (C=O) groups is 2. The van der Waals surface area contributed by atoms with Crippen LogP contribution >= 0.6 is 39.3 Å². The Hall–Kier alpha value is -2.35. The minimum Gasteiger partial charge on any atom is -0.354 e. The fraction of sp³-hybridized carbons (Fsp3) is 0.286. The Balaban J connectivity index is 1.85. The van der Waals surface area contributed by atoms with E-state index in [1.807, 2.05) is 61.5 Å². The lowest BCUT2D eigenvalue weighted by Crippen LogP contribution is -2.51. The Kier molecular flexibility index (Phi) is 11.3. The monoisotopic (exact) mass is 590 g/mol. The number of carbonyl (C=O) groups excluding carboxylic acids is 2. The van der Waals surface area contributed by atoms with Crippen LogP contribution in [0.4, 0.5) is 4.39 Å². The maximum atomic E-state index is 14.2. The Labute approximate surface area is 229 Å². The van der Waals surface area contributed by atoms with Crippen molar-refractivity contribution in [2.75, 3.05) is 12.3 Å². The molecule has 0 aliphatic carbocycles. The highest BCUT2D eigenvalue weighted by molar-refractivity contribution is 9.10. The molecule has 8 heteroatoms. The Morgan fingerprint density at radius 2 is 1.78 bits per heavy atom. The first-order valence-electron chi connectivity index (χ1n) is 11.7. The molecule has 0 aliphatic heterocycles. The lowest BCUT2D eigenvalue weighted by Gasteiger charge is -2.31. The molecule has 36 heavy (non-hydrogen) atoms. The average Bonchev–Trinajstić information content (AvgIpc) is 2.87. The van der Waals surface area contributed by atoms with E-state index in [0.717, 1.165) is 22.0 Å². The first kappa shape index (κ1) is 28.2. The van der Waals surface area contributed by atoms with E-state index < -0.39 is 11.9 Å². The van der Waals surface area contributed by atoms with Crippen LogP contribution in [-0.2, 0) is 28.3 Å². The molecule has 0 radical (unpaired) electrons. The number of amides is 2. The molecule has 190 valence electrons. The van der Waals surface area contributed by atoms with Gasteiger partial charge in [0.2, 0.25) is 11.8 Å². The van der Waals surface area contributed by atoms with Gasteiger partial charge in [0, 0.05) is 40.3 Å². The molecular formula is C28H29BrClFN2O2S. The third-order valence-electron chi connectivity index (χ3n) is 5.60. The van der Waals surface area contributed by atoms with Crippen LogP contribution in [0.3, 0.4) is 0 Å². The van der Waals surface area contributed by atoms with Crippen LogP contribution in [-0.4, -0.2) is 35.1 Å². The van der Waals surface area contributed by atoms with Gasteiger partial charge in [-0.2, -0.15) is 0 Å². The lowest BCUT2D eigenvalue weighted by atomic mass is 10.0. The lowest BCUT2D eigenvalue weighted by molar-refractivity contribution is -0.139. The third kappa shape index (κ3) is 8.36. The molecule has 0 saturated carbocycles. The quantitative estimate of drug-likeness (QED) is 0.257. The molecule has 0 aliphatic rings. The van der Waals surface area contributed by atoms with Crippen molar-refractivity contribution in [2.24, 2.45) is 0 Å². The number of thioether (sulfide) groups is 1. The van der Waals surface area contributed by atoms with Crippen molar-refractivity contribution in [1.29, 1.82) is 0 Å². The Morgan fingerprint density at radius 3 is 2.47 bits per heavy atom. The van der Waals surface area contributed by atoms with Gasteiger partial charge in [0.25, 0.3) is 0 Å². The van der Waals surface area contributed by atoms with Crippen molar-refractivity contribution >= 4 is 51.1 Å². The second kappa shape index (κ2) is 14.4. The Morgan fingerprint density at radius 1 is 1.06 bits per heavy atom. The van der Waals surface area contributed by atoms with Gasteiger partial charge in [0.05, 0.1) is 5.75 Å². The van der Waals surface area contributed by atoms with E-state index in [1.54, 1.807) is 17.0 Å². The number of hydrogen-bond acceptors (Lipinski definition) is 3. The van der Waals surface area contributed by atoms with Gasteiger partial charge in [-0.05, 0) is 41.8 Å². The summed E-state index contributed by atoms with van der Waals surface area (Å²) in [7, 11) is 0. The van der Waals surface area contributed by atoms with E-state index in [1.165, 1.54) is 17.8 Å². The first-order chi connectivity index (χ1) is 17.4. The Bertz CT molecular complexity index is 1150. The molecule has 0 spiro atoms. The van der Waals surface area contributed by atoms with Crippen molar-refractivity contribution in [3.63, 3.8) is 0 Å². The van der Waals surface area contributed by atoms with E-state index in [-0.39, 0.29) is 29.9 Å². The van der Waals surface area contributed by atoms with Gasteiger partial charge in [0.15, 0.2) is 0 Å². The summed E-state index contributed by atoms with van der Waals surface area (Å²) in [5.74, 6) is -0.432. The van der Waals surface area contributed by atoms with Gasteiger partial charge in [0.1, 0.15) is 11.9 Å². The first-order valence-corrected chi connectivity index (χ1v) is 14.1. The average molecular weight is 592 g/mol. The summed E-state index contributed by atoms with van der Waals surface area (Å²) >= 11 is 10.9. The number of halogens is 3. The number of rotatable bonds is 12. The maximum absolute atomic E-state index is 14.2. The number of benzene rings is 3. The van der Waals surface area contributed by atoms with Gasteiger partial charge in [-0.15, -0.1) is 11.8 Å². The predicted molar refractivity (Wildman–Crippen MR) is 149 cm³/mol. The molecule has 0 heterocycles. The molecule has 1 atom stereocenters. The SMILES string of the molecule is CCCNC(=O)C(Cc1ccccc1)N(Cc1cccc(Br)c1)C(=O)CSCc1c(F)cccc1Cl. The van der Waals surface area contributed by atoms with Crippen LogP contribution in [0, 0.1) is 5.82 Å². The molecule has 3 aromatic rings. The molecule has 4 nitrogen and oxygen atoms in total. The van der Waals surface area contributed by atoms with Crippen LogP contribution in [0.1, 0.15) is 30.0 Å². The normalized spacial score (nSPS) is 11.7. The van der Waals surface area contributed by atoms with Gasteiger partial charge >= 0.3 is 0 Å². The van der Waals surface area contributed by atoms with Gasteiger partial charge in [-0.25, -0.2) is 4.39 Å². The van der Waals surface area contributed by atoms with E-state index in [9.17, 15) is 14.0 Å². The summed E-state index contributed by atoms with van der Waals surface area (Å²) in [5, 5.41) is 3.30. The molecule has 1 unspecified atom stereocenters. The van der Waals surface area contributed by atoms with Crippen LogP contribution in [0.5, 0.6) is 0 Å². The van der Waals surface area contributed by atoms with Crippen molar-refractivity contribution in [3.05, 3.63) is 105 Å². The largest absolute Gasteiger partial charge is 0.354 e. The number of nitrogens with zero attached hydrogens (tertiary/aromatic N) is 1. The molecule has 0 aromatic heterocycles. The van der Waals surface area contributed by atoms with Crippen LogP contribution in [0.15, 0.2) is 77.3 Å². The highest BCUT2D eigenvalue weighted by Crippen LogP contribution is 2.25. The van der Waals surface area contributed by atoms with Crippen molar-refractivity contribution in [3.8, 4) is 0 Å². The molecule has 3 rings (SSSR count). The highest BCUT2D eigenvalue weighted by Gasteiger charge is 2.30. The summed E-state index contributed by atoms with van der Waals surface area (Å²) < 4.78 is 15.1. The molecule has 0 saturated heterocycles. The second-order valence-electron chi connectivity index (χ2n) is 8.34. The highest BCUT2D eigenvalue weighted by atomic mass is 79.9. The van der Waals surface area contributed by atoms with E-state index in [4.69, 9.17) is 11.6 Å². The zero-order valence-electron chi connectivity index (χ0n) is 20.1. The second-order valence-corrected chi connectivity index (χ2v) is 10.6. The van der Waals surface area contributed by atoms with Gasteiger partial charge in [-0.3, -0.25) is 9.59 Å². The molecule has 2 amide bonds. The summed E-state index contributed by atoms with van der Waals surface area (Å²) in [5.41, 5.74) is 2.24. The van der Waals surface area contributed by atoms with E-state index in [0.29, 0.717) is 23.6 Å². The summed E-state index contributed by atoms with van der Waals surface area (Å²) in [4.78, 5) is 28.5. The van der Waals surface area contributed by atoms with Crippen LogP contribution in [0.25, 0.3) is 0 Å². The summed E-state index contributed by atoms with van der Waals surface area (Å²) in [6, 6.07) is 21.2. The zero-order chi connectivity index (χ0) is 25.9. The van der Waals surface area contributed by atoms with Gasteiger partial charge < -0.3 is 10.2 Å². The summed E-state index contributed by atoms with van der Waals surface area (Å²) in [6.45, 7) is 2.79. The fourth-order valence-corrected chi connectivity index (χ4v) is 5.44. The van der Waals surface area contributed by atoms with E-state index in [2.05, 4.69) is 21.2 Å². The third-order valence-corrected chi connectivity index (χ3v) is 7.39. The van der Waals surface area contributed by atoms with E-state index >= 15 is 0 Å². The standard InChI is InChI=1S/C28H29BrClFN2O2S/c1-2-14-32-28(35)26(16-20-8-4-3-5-9-20)33(17-21-10-6-11-22(29)15-21)27(34)19-36-18-23-24(30)12-7-13-25(23)31/h3-13,15,26H,2,14,16-19H2,1H3,(H,32,35). The molecule has 3 aromatic carbocycles. The van der Waals surface area contributed by atoms with Crippen LogP contribution < -0.4 is 5.32 Å². The number of nitrogens with one attached hydrogen (secondary N) is 1. The minimum absolute atomic E-state index is 0.0883. The van der Waals surface area contributed by atoms with Crippen molar-refractivity contribution in [2.45, 2.75) is 38.1 Å². The molecule has 0 fully saturated rings. The van der Waals surface area contributed by atoms with Crippen molar-refractivity contribution in [1.82, 2.24) is 10.2 Å². The fourth-order valence-electron chi connectivity index (χ4n) is 3.75. The summed E-state index contributed by atoms with van der Waals surface area (Å²) in [6.07, 6.45) is 1.18. The minimum atomic E-state index is -0.692. The topological polar surface area (TPSA) is 49.4 Å². The molecule has 1 N–H and O–H groups in total. The predicted octanol–water partition coefficient (Wildman–Crippen LogP) is 6.64. The van der Waals surface area contributed by atoms with Crippen molar-refractivity contribution < 1.29 is 14.0 Å². The van der Waals surface area contributed by atoms with Crippen LogP contribution in [0.2, 0.25) is 5.02 Å². The smallest absolute Gasteiger partial charge is 0.243 e. The van der Waals surface area contributed by atoms with Gasteiger partial charge in [-0.1, -0.05) is 83.0 Å². The maximum Gasteiger partial charge on any atom is 0.243 e. The molecule has 0 bridgehead atoms.